The lowest BCUT2D eigenvalue weighted by atomic mass is 10.1. The third-order valence-corrected chi connectivity index (χ3v) is 3.77. The van der Waals surface area contributed by atoms with E-state index in [1.807, 2.05) is 24.3 Å². The quantitative estimate of drug-likeness (QED) is 0.332. The van der Waals surface area contributed by atoms with Crippen LogP contribution in [0, 0.1) is 0 Å². The second kappa shape index (κ2) is 11.8. The van der Waals surface area contributed by atoms with Crippen LogP contribution in [0.1, 0.15) is 57.1 Å². The predicted octanol–water partition coefficient (Wildman–Crippen LogP) is 2.99. The highest BCUT2D eigenvalue weighted by Gasteiger charge is 2.07. The number of hydrogen-bond acceptors (Lipinski definition) is 3. The van der Waals surface area contributed by atoms with Crippen molar-refractivity contribution in [3.05, 3.63) is 29.8 Å². The van der Waals surface area contributed by atoms with Gasteiger partial charge < -0.3 is 20.9 Å². The Morgan fingerprint density at radius 3 is 2.48 bits per heavy atom. The molecule has 1 unspecified atom stereocenters. The minimum Gasteiger partial charge on any atom is -0.497 e. The molecule has 0 aliphatic carbocycles. The molecule has 1 aromatic rings. The maximum absolute atomic E-state index is 10.1. The van der Waals surface area contributed by atoms with E-state index in [4.69, 9.17) is 10.5 Å². The van der Waals surface area contributed by atoms with Crippen LogP contribution in [0.5, 0.6) is 5.75 Å². The molecule has 1 aromatic carbocycles. The van der Waals surface area contributed by atoms with Gasteiger partial charge in [0, 0.05) is 6.54 Å². The zero-order chi connectivity index (χ0) is 16.9. The van der Waals surface area contributed by atoms with E-state index in [0.29, 0.717) is 5.96 Å². The van der Waals surface area contributed by atoms with Crippen LogP contribution >= 0.6 is 0 Å². The number of unbranched alkanes of at least 4 members (excludes halogenated alkanes) is 5. The lowest BCUT2D eigenvalue weighted by Crippen LogP contribution is -2.32. The summed E-state index contributed by atoms with van der Waals surface area (Å²) < 4.78 is 5.09. The molecule has 0 fully saturated rings. The molecule has 5 nitrogen and oxygen atoms in total. The SMILES string of the molecule is CCCCCCCCNC(N)=NCC(O)c1ccc(OC)cc1. The number of ether oxygens (including phenoxy) is 1. The largest absolute Gasteiger partial charge is 0.497 e. The minimum atomic E-state index is -0.657. The summed E-state index contributed by atoms with van der Waals surface area (Å²) in [5.41, 5.74) is 6.62. The average molecular weight is 321 g/mol. The van der Waals surface area contributed by atoms with E-state index in [1.54, 1.807) is 7.11 Å². The molecular weight excluding hydrogens is 290 g/mol. The number of aliphatic hydroxyl groups is 1. The number of nitrogens with one attached hydrogen (secondary N) is 1. The topological polar surface area (TPSA) is 79.9 Å². The highest BCUT2D eigenvalue weighted by molar-refractivity contribution is 5.77. The van der Waals surface area contributed by atoms with Gasteiger partial charge in [0.2, 0.25) is 0 Å². The molecule has 0 saturated heterocycles. The van der Waals surface area contributed by atoms with Crippen molar-refractivity contribution >= 4 is 5.96 Å². The molecule has 0 aliphatic rings. The van der Waals surface area contributed by atoms with Gasteiger partial charge in [-0.05, 0) is 24.1 Å². The fourth-order valence-corrected chi connectivity index (χ4v) is 2.29. The van der Waals surface area contributed by atoms with Crippen LogP contribution in [0.3, 0.4) is 0 Å². The zero-order valence-corrected chi connectivity index (χ0v) is 14.4. The monoisotopic (exact) mass is 321 g/mol. The van der Waals surface area contributed by atoms with Gasteiger partial charge in [0.25, 0.3) is 0 Å². The Labute approximate surface area is 140 Å². The van der Waals surface area contributed by atoms with Crippen molar-refractivity contribution in [3.8, 4) is 5.75 Å². The number of aliphatic imine (C=N–C) groups is 1. The molecule has 1 atom stereocenters. The van der Waals surface area contributed by atoms with E-state index in [1.165, 1.54) is 32.1 Å². The van der Waals surface area contributed by atoms with Gasteiger partial charge in [-0.1, -0.05) is 51.2 Å². The van der Waals surface area contributed by atoms with E-state index in [9.17, 15) is 5.11 Å². The predicted molar refractivity (Wildman–Crippen MR) is 95.8 cm³/mol. The van der Waals surface area contributed by atoms with E-state index < -0.39 is 6.10 Å². The minimum absolute atomic E-state index is 0.252. The second-order valence-electron chi connectivity index (χ2n) is 5.71. The third kappa shape index (κ3) is 8.45. The highest BCUT2D eigenvalue weighted by atomic mass is 16.5. The molecule has 0 spiro atoms. The number of hydrogen-bond donors (Lipinski definition) is 3. The molecule has 0 saturated carbocycles. The van der Waals surface area contributed by atoms with Gasteiger partial charge in [-0.15, -0.1) is 0 Å². The molecule has 23 heavy (non-hydrogen) atoms. The third-order valence-electron chi connectivity index (χ3n) is 3.77. The van der Waals surface area contributed by atoms with Crippen LogP contribution in [0.4, 0.5) is 0 Å². The number of nitrogens with two attached hydrogens (primary N) is 1. The Hall–Kier alpha value is -1.75. The maximum Gasteiger partial charge on any atom is 0.188 e. The molecule has 0 aromatic heterocycles. The van der Waals surface area contributed by atoms with E-state index in [2.05, 4.69) is 17.2 Å². The molecule has 0 aliphatic heterocycles. The first-order valence-corrected chi connectivity index (χ1v) is 8.53. The Morgan fingerprint density at radius 2 is 1.83 bits per heavy atom. The first-order valence-electron chi connectivity index (χ1n) is 8.53. The van der Waals surface area contributed by atoms with Crippen molar-refractivity contribution in [1.29, 1.82) is 0 Å². The zero-order valence-electron chi connectivity index (χ0n) is 14.4. The smallest absolute Gasteiger partial charge is 0.188 e. The van der Waals surface area contributed by atoms with Crippen LogP contribution in [0.25, 0.3) is 0 Å². The van der Waals surface area contributed by atoms with Crippen LogP contribution in [0.15, 0.2) is 29.3 Å². The summed E-state index contributed by atoms with van der Waals surface area (Å²) in [5.74, 6) is 1.16. The summed E-state index contributed by atoms with van der Waals surface area (Å²) in [6.07, 6.45) is 6.84. The number of benzene rings is 1. The number of aliphatic hydroxyl groups excluding tert-OH is 1. The van der Waals surface area contributed by atoms with Gasteiger partial charge in [0.1, 0.15) is 5.75 Å². The van der Waals surface area contributed by atoms with Crippen molar-refractivity contribution in [3.63, 3.8) is 0 Å². The van der Waals surface area contributed by atoms with Gasteiger partial charge in [-0.25, -0.2) is 0 Å². The van der Waals surface area contributed by atoms with Gasteiger partial charge in [-0.2, -0.15) is 0 Å². The summed E-state index contributed by atoms with van der Waals surface area (Å²) in [4.78, 5) is 4.19. The summed E-state index contributed by atoms with van der Waals surface area (Å²) in [6, 6.07) is 7.31. The molecule has 0 amide bonds. The van der Waals surface area contributed by atoms with Crippen molar-refractivity contribution in [2.45, 2.75) is 51.6 Å². The van der Waals surface area contributed by atoms with Gasteiger partial charge >= 0.3 is 0 Å². The normalized spacial score (nSPS) is 12.9. The van der Waals surface area contributed by atoms with E-state index >= 15 is 0 Å². The van der Waals surface area contributed by atoms with Gasteiger partial charge in [0.05, 0.1) is 19.8 Å². The van der Waals surface area contributed by atoms with Crippen LogP contribution < -0.4 is 15.8 Å². The Balaban J connectivity index is 2.21. The summed E-state index contributed by atoms with van der Waals surface area (Å²) in [6.45, 7) is 3.31. The number of rotatable bonds is 11. The second-order valence-corrected chi connectivity index (χ2v) is 5.71. The van der Waals surface area contributed by atoms with Crippen molar-refractivity contribution < 1.29 is 9.84 Å². The molecule has 0 heterocycles. The van der Waals surface area contributed by atoms with Crippen molar-refractivity contribution in [1.82, 2.24) is 5.32 Å². The summed E-state index contributed by atoms with van der Waals surface area (Å²) in [7, 11) is 1.62. The Kier molecular flexibility index (Phi) is 9.87. The average Bonchev–Trinajstić information content (AvgIpc) is 2.59. The Morgan fingerprint density at radius 1 is 1.17 bits per heavy atom. The molecule has 0 bridgehead atoms. The number of guanidine groups is 1. The maximum atomic E-state index is 10.1. The van der Waals surface area contributed by atoms with Crippen molar-refractivity contribution in [2.24, 2.45) is 10.7 Å². The fourth-order valence-electron chi connectivity index (χ4n) is 2.29. The van der Waals surface area contributed by atoms with Crippen LogP contribution in [-0.4, -0.2) is 31.3 Å². The number of nitrogens with zero attached hydrogens (tertiary/aromatic N) is 1. The first kappa shape index (κ1) is 19.3. The lowest BCUT2D eigenvalue weighted by molar-refractivity contribution is 0.187. The number of methoxy groups -OCH3 is 1. The van der Waals surface area contributed by atoms with Gasteiger partial charge in [-0.3, -0.25) is 4.99 Å². The standard InChI is InChI=1S/C18H31N3O2/c1-3-4-5-6-7-8-13-20-18(19)21-14-17(22)15-9-11-16(23-2)12-10-15/h9-12,17,22H,3-8,13-14H2,1-2H3,(H3,19,20,21). The fraction of sp³-hybridized carbons (Fsp3) is 0.611. The van der Waals surface area contributed by atoms with Gasteiger partial charge in [0.15, 0.2) is 5.96 Å². The molecule has 0 radical (unpaired) electrons. The lowest BCUT2D eigenvalue weighted by Gasteiger charge is -2.10. The highest BCUT2D eigenvalue weighted by Crippen LogP contribution is 2.17. The van der Waals surface area contributed by atoms with Crippen LogP contribution in [-0.2, 0) is 0 Å². The molecule has 4 N–H and O–H groups in total. The van der Waals surface area contributed by atoms with Crippen LogP contribution in [0.2, 0.25) is 0 Å². The molecule has 130 valence electrons. The van der Waals surface area contributed by atoms with E-state index in [0.717, 1.165) is 24.3 Å². The summed E-state index contributed by atoms with van der Waals surface area (Å²) in [5, 5.41) is 13.2. The van der Waals surface area contributed by atoms with E-state index in [-0.39, 0.29) is 6.54 Å². The van der Waals surface area contributed by atoms with Crippen molar-refractivity contribution in [2.75, 3.05) is 20.2 Å². The Bertz CT molecular complexity index is 446. The molecule has 1 rings (SSSR count). The molecule has 5 heteroatoms. The molecular formula is C18H31N3O2. The first-order chi connectivity index (χ1) is 11.2. The summed E-state index contributed by atoms with van der Waals surface area (Å²) >= 11 is 0.